The minimum absolute atomic E-state index is 0.0886. The molecule has 2 rings (SSSR count). The predicted molar refractivity (Wildman–Crippen MR) is 78.2 cm³/mol. The lowest BCUT2D eigenvalue weighted by molar-refractivity contribution is 0.0551. The van der Waals surface area contributed by atoms with E-state index >= 15 is 0 Å². The Morgan fingerprint density at radius 1 is 1.58 bits per heavy atom. The zero-order chi connectivity index (χ0) is 13.8. The van der Waals surface area contributed by atoms with Crippen molar-refractivity contribution in [3.8, 4) is 0 Å². The Bertz CT molecular complexity index is 441. The predicted octanol–water partition coefficient (Wildman–Crippen LogP) is 2.65. The molecular weight excluding hydrogens is 308 g/mol. The average molecular weight is 329 g/mol. The van der Waals surface area contributed by atoms with Gasteiger partial charge in [-0.3, -0.25) is 4.79 Å². The van der Waals surface area contributed by atoms with Crippen LogP contribution in [0.3, 0.4) is 0 Å². The molecule has 1 N–H and O–H groups in total. The van der Waals surface area contributed by atoms with Gasteiger partial charge in [-0.15, -0.1) is 0 Å². The molecular formula is C14H21BrN2O2. The zero-order valence-electron chi connectivity index (χ0n) is 11.3. The van der Waals surface area contributed by atoms with Gasteiger partial charge >= 0.3 is 0 Å². The lowest BCUT2D eigenvalue weighted by atomic mass is 9.91. The molecule has 1 aromatic heterocycles. The van der Waals surface area contributed by atoms with E-state index in [0.29, 0.717) is 19.0 Å². The second-order valence-electron chi connectivity index (χ2n) is 4.99. The van der Waals surface area contributed by atoms with Crippen LogP contribution in [0.5, 0.6) is 0 Å². The maximum atomic E-state index is 12.7. The summed E-state index contributed by atoms with van der Waals surface area (Å²) in [5, 5.41) is 8.99. The maximum absolute atomic E-state index is 12.7. The Kier molecular flexibility index (Phi) is 5.05. The zero-order valence-corrected chi connectivity index (χ0v) is 12.9. The van der Waals surface area contributed by atoms with Gasteiger partial charge in [0.05, 0.1) is 0 Å². The summed E-state index contributed by atoms with van der Waals surface area (Å²) < 4.78 is 2.91. The van der Waals surface area contributed by atoms with Crippen molar-refractivity contribution in [2.45, 2.75) is 45.2 Å². The molecule has 1 heterocycles. The summed E-state index contributed by atoms with van der Waals surface area (Å²) in [5.74, 6) is 0.0886. The van der Waals surface area contributed by atoms with E-state index in [1.165, 1.54) is 6.42 Å². The van der Waals surface area contributed by atoms with E-state index in [1.807, 2.05) is 28.7 Å². The molecule has 19 heavy (non-hydrogen) atoms. The number of amides is 1. The number of nitrogens with zero attached hydrogens (tertiary/aromatic N) is 2. The highest BCUT2D eigenvalue weighted by molar-refractivity contribution is 9.10. The SMILES string of the molecule is CCn1cc(Br)cc1C(=O)N(CCCO)C1CCC1. The number of carbonyl (C=O) groups excluding carboxylic acids is 1. The van der Waals surface area contributed by atoms with Gasteiger partial charge in [0.1, 0.15) is 5.69 Å². The molecule has 1 aliphatic carbocycles. The summed E-state index contributed by atoms with van der Waals surface area (Å²) in [4.78, 5) is 14.6. The van der Waals surface area contributed by atoms with Gasteiger partial charge in [0, 0.05) is 36.4 Å². The molecule has 0 aromatic carbocycles. The van der Waals surface area contributed by atoms with E-state index in [2.05, 4.69) is 15.9 Å². The fraction of sp³-hybridized carbons (Fsp3) is 0.643. The van der Waals surface area contributed by atoms with Crippen molar-refractivity contribution >= 4 is 21.8 Å². The smallest absolute Gasteiger partial charge is 0.270 e. The molecule has 0 aliphatic heterocycles. The van der Waals surface area contributed by atoms with Gasteiger partial charge < -0.3 is 14.6 Å². The Balaban J connectivity index is 2.17. The van der Waals surface area contributed by atoms with Crippen LogP contribution in [0.4, 0.5) is 0 Å². The van der Waals surface area contributed by atoms with Crippen molar-refractivity contribution in [3.63, 3.8) is 0 Å². The quantitative estimate of drug-likeness (QED) is 0.872. The first-order valence-electron chi connectivity index (χ1n) is 6.95. The van der Waals surface area contributed by atoms with Crippen LogP contribution in [0.2, 0.25) is 0 Å². The third-order valence-corrected chi connectivity index (χ3v) is 4.19. The second-order valence-corrected chi connectivity index (χ2v) is 5.91. The van der Waals surface area contributed by atoms with Crippen LogP contribution in [0.25, 0.3) is 0 Å². The molecule has 106 valence electrons. The first kappa shape index (κ1) is 14.6. The first-order valence-corrected chi connectivity index (χ1v) is 7.74. The summed E-state index contributed by atoms with van der Waals surface area (Å²) in [7, 11) is 0. The molecule has 4 nitrogen and oxygen atoms in total. The molecule has 1 fully saturated rings. The van der Waals surface area contributed by atoms with Gasteiger partial charge in [-0.1, -0.05) is 0 Å². The van der Waals surface area contributed by atoms with Gasteiger partial charge in [-0.2, -0.15) is 0 Å². The third kappa shape index (κ3) is 3.20. The Labute approximate surface area is 122 Å². The van der Waals surface area contributed by atoms with Gasteiger partial charge in [0.2, 0.25) is 0 Å². The lowest BCUT2D eigenvalue weighted by Crippen LogP contribution is -2.45. The number of halogens is 1. The second kappa shape index (κ2) is 6.57. The van der Waals surface area contributed by atoms with Gasteiger partial charge in [-0.05, 0) is 54.6 Å². The van der Waals surface area contributed by atoms with Crippen LogP contribution in [0.1, 0.15) is 43.1 Å². The summed E-state index contributed by atoms with van der Waals surface area (Å²) in [5.41, 5.74) is 0.735. The van der Waals surface area contributed by atoms with Crippen LogP contribution in [-0.4, -0.2) is 39.7 Å². The third-order valence-electron chi connectivity index (χ3n) is 3.76. The number of hydrogen-bond acceptors (Lipinski definition) is 2. The number of rotatable bonds is 6. The highest BCUT2D eigenvalue weighted by Crippen LogP contribution is 2.27. The van der Waals surface area contributed by atoms with Crippen LogP contribution in [-0.2, 0) is 6.54 Å². The number of aryl methyl sites for hydroxylation is 1. The van der Waals surface area contributed by atoms with Crippen LogP contribution in [0, 0.1) is 0 Å². The topological polar surface area (TPSA) is 45.5 Å². The van der Waals surface area contributed by atoms with Gasteiger partial charge in [0.15, 0.2) is 0 Å². The Morgan fingerprint density at radius 2 is 2.32 bits per heavy atom. The van der Waals surface area contributed by atoms with E-state index in [4.69, 9.17) is 5.11 Å². The average Bonchev–Trinajstić information content (AvgIpc) is 2.72. The lowest BCUT2D eigenvalue weighted by Gasteiger charge is -2.37. The van der Waals surface area contributed by atoms with Crippen molar-refractivity contribution < 1.29 is 9.90 Å². The van der Waals surface area contributed by atoms with Crippen molar-refractivity contribution in [3.05, 3.63) is 22.4 Å². The minimum atomic E-state index is 0.0886. The molecule has 1 amide bonds. The maximum Gasteiger partial charge on any atom is 0.270 e. The Morgan fingerprint density at radius 3 is 2.84 bits per heavy atom. The van der Waals surface area contributed by atoms with E-state index < -0.39 is 0 Å². The molecule has 5 heteroatoms. The van der Waals surface area contributed by atoms with E-state index in [9.17, 15) is 4.79 Å². The molecule has 1 saturated carbocycles. The number of carbonyl (C=O) groups is 1. The molecule has 0 bridgehead atoms. The van der Waals surface area contributed by atoms with Gasteiger partial charge in [-0.25, -0.2) is 0 Å². The van der Waals surface area contributed by atoms with Crippen LogP contribution in [0.15, 0.2) is 16.7 Å². The highest BCUT2D eigenvalue weighted by atomic mass is 79.9. The number of hydrogen-bond donors (Lipinski definition) is 1. The summed E-state index contributed by atoms with van der Waals surface area (Å²) in [6.45, 7) is 3.59. The largest absolute Gasteiger partial charge is 0.396 e. The summed E-state index contributed by atoms with van der Waals surface area (Å²) in [6.07, 6.45) is 5.97. The van der Waals surface area contributed by atoms with Crippen LogP contribution < -0.4 is 0 Å². The number of aromatic nitrogens is 1. The number of aliphatic hydroxyl groups excluding tert-OH is 1. The number of aliphatic hydroxyl groups is 1. The van der Waals surface area contributed by atoms with Crippen molar-refractivity contribution in [2.75, 3.05) is 13.2 Å². The molecule has 0 saturated heterocycles. The summed E-state index contributed by atoms with van der Waals surface area (Å²) >= 11 is 3.43. The monoisotopic (exact) mass is 328 g/mol. The standard InChI is InChI=1S/C14H21BrN2O2/c1-2-16-10-11(15)9-13(16)14(19)17(7-4-8-18)12-5-3-6-12/h9-10,12,18H,2-8H2,1H3. The highest BCUT2D eigenvalue weighted by Gasteiger charge is 2.30. The van der Waals surface area contributed by atoms with E-state index in [1.54, 1.807) is 0 Å². The van der Waals surface area contributed by atoms with Crippen molar-refractivity contribution in [1.29, 1.82) is 0 Å². The molecule has 0 unspecified atom stereocenters. The first-order chi connectivity index (χ1) is 9.17. The molecule has 1 aromatic rings. The normalized spacial score (nSPS) is 15.3. The summed E-state index contributed by atoms with van der Waals surface area (Å²) in [6, 6.07) is 2.24. The van der Waals surface area contributed by atoms with E-state index in [-0.39, 0.29) is 12.5 Å². The fourth-order valence-corrected chi connectivity index (χ4v) is 2.92. The van der Waals surface area contributed by atoms with Gasteiger partial charge in [0.25, 0.3) is 5.91 Å². The Hall–Kier alpha value is -0.810. The van der Waals surface area contributed by atoms with Crippen LogP contribution >= 0.6 is 15.9 Å². The molecule has 0 atom stereocenters. The molecule has 0 spiro atoms. The molecule has 1 aliphatic rings. The van der Waals surface area contributed by atoms with Crippen molar-refractivity contribution in [2.24, 2.45) is 0 Å². The van der Waals surface area contributed by atoms with Crippen molar-refractivity contribution in [1.82, 2.24) is 9.47 Å². The fourth-order valence-electron chi connectivity index (χ4n) is 2.45. The minimum Gasteiger partial charge on any atom is -0.396 e. The molecule has 0 radical (unpaired) electrons. The van der Waals surface area contributed by atoms with E-state index in [0.717, 1.165) is 29.6 Å².